The lowest BCUT2D eigenvalue weighted by Crippen LogP contribution is -2.41. The molecular weight excluding hydrogens is 438 g/mol. The first-order valence-electron chi connectivity index (χ1n) is 8.31. The number of benzene rings is 2. The number of hydrogen-bond acceptors (Lipinski definition) is 3. The summed E-state index contributed by atoms with van der Waals surface area (Å²) < 4.78 is 24.8. The molecule has 0 spiro atoms. The van der Waals surface area contributed by atoms with Gasteiger partial charge in [0.05, 0.1) is 17.9 Å². The molecule has 1 saturated heterocycles. The van der Waals surface area contributed by atoms with Crippen molar-refractivity contribution in [2.45, 2.75) is 25.4 Å². The SMILES string of the molecule is O=C(Cc1ccc(Cl)cc1)N(Cc1cccc(Br)c1)C1CCS(=O)(=O)C1. The zero-order valence-electron chi connectivity index (χ0n) is 14.1. The highest BCUT2D eigenvalue weighted by Gasteiger charge is 2.34. The third-order valence-electron chi connectivity index (χ3n) is 4.48. The van der Waals surface area contributed by atoms with Crippen molar-refractivity contribution in [1.29, 1.82) is 0 Å². The Morgan fingerprint density at radius 1 is 1.15 bits per heavy atom. The highest BCUT2D eigenvalue weighted by molar-refractivity contribution is 9.10. The van der Waals surface area contributed by atoms with Gasteiger partial charge in [-0.1, -0.05) is 51.8 Å². The maximum atomic E-state index is 13.0. The van der Waals surface area contributed by atoms with Crippen LogP contribution in [0, 0.1) is 0 Å². The predicted octanol–water partition coefficient (Wildman–Crippen LogP) is 3.86. The minimum atomic E-state index is -3.07. The van der Waals surface area contributed by atoms with Gasteiger partial charge < -0.3 is 4.90 Å². The van der Waals surface area contributed by atoms with Gasteiger partial charge in [-0.05, 0) is 41.8 Å². The van der Waals surface area contributed by atoms with E-state index < -0.39 is 9.84 Å². The molecule has 1 aliphatic rings. The summed E-state index contributed by atoms with van der Waals surface area (Å²) >= 11 is 9.34. The maximum absolute atomic E-state index is 13.0. The van der Waals surface area contributed by atoms with Crippen LogP contribution >= 0.6 is 27.5 Å². The van der Waals surface area contributed by atoms with Crippen molar-refractivity contribution < 1.29 is 13.2 Å². The highest BCUT2D eigenvalue weighted by atomic mass is 79.9. The van der Waals surface area contributed by atoms with Gasteiger partial charge in [-0.25, -0.2) is 8.42 Å². The van der Waals surface area contributed by atoms with Gasteiger partial charge in [-0.3, -0.25) is 4.79 Å². The quantitative estimate of drug-likeness (QED) is 0.686. The molecule has 1 atom stereocenters. The molecule has 0 radical (unpaired) electrons. The number of sulfone groups is 1. The molecule has 3 rings (SSSR count). The molecule has 138 valence electrons. The third kappa shape index (κ3) is 5.09. The summed E-state index contributed by atoms with van der Waals surface area (Å²) in [7, 11) is -3.07. The number of halogens is 2. The van der Waals surface area contributed by atoms with Crippen LogP contribution in [-0.4, -0.2) is 36.8 Å². The standard InChI is InChI=1S/C19H19BrClNO3S/c20-16-3-1-2-15(10-16)12-22(18-8-9-26(24,25)13-18)19(23)11-14-4-6-17(21)7-5-14/h1-7,10,18H,8-9,11-13H2. The number of rotatable bonds is 5. The van der Waals surface area contributed by atoms with E-state index in [-0.39, 0.29) is 29.9 Å². The molecule has 0 aromatic heterocycles. The summed E-state index contributed by atoms with van der Waals surface area (Å²) in [6, 6.07) is 14.6. The Bertz CT molecular complexity index is 899. The number of carbonyl (C=O) groups excluding carboxylic acids is 1. The molecule has 0 saturated carbocycles. The summed E-state index contributed by atoms with van der Waals surface area (Å²) in [4.78, 5) is 14.7. The van der Waals surface area contributed by atoms with Crippen LogP contribution in [0.5, 0.6) is 0 Å². The molecule has 2 aromatic rings. The van der Waals surface area contributed by atoms with Crippen molar-refractivity contribution >= 4 is 43.3 Å². The van der Waals surface area contributed by atoms with Crippen LogP contribution < -0.4 is 0 Å². The third-order valence-corrected chi connectivity index (χ3v) is 6.98. The van der Waals surface area contributed by atoms with Crippen molar-refractivity contribution in [2.75, 3.05) is 11.5 Å². The van der Waals surface area contributed by atoms with Crippen molar-refractivity contribution in [3.8, 4) is 0 Å². The van der Waals surface area contributed by atoms with Crippen LogP contribution in [0.4, 0.5) is 0 Å². The van der Waals surface area contributed by atoms with Crippen LogP contribution in [0.15, 0.2) is 53.0 Å². The Hall–Kier alpha value is -1.37. The van der Waals surface area contributed by atoms with Gasteiger partial charge >= 0.3 is 0 Å². The van der Waals surface area contributed by atoms with E-state index in [0.29, 0.717) is 18.0 Å². The normalized spacial score (nSPS) is 18.6. The molecule has 2 aromatic carbocycles. The van der Waals surface area contributed by atoms with E-state index in [1.54, 1.807) is 17.0 Å². The molecule has 0 N–H and O–H groups in total. The molecule has 1 aliphatic heterocycles. The van der Waals surface area contributed by atoms with E-state index >= 15 is 0 Å². The second-order valence-electron chi connectivity index (χ2n) is 6.51. The largest absolute Gasteiger partial charge is 0.334 e. The zero-order valence-corrected chi connectivity index (χ0v) is 17.2. The molecular formula is C19H19BrClNO3S. The molecule has 1 amide bonds. The summed E-state index contributed by atoms with van der Waals surface area (Å²) in [6.45, 7) is 0.395. The second-order valence-corrected chi connectivity index (χ2v) is 10.1. The molecule has 0 bridgehead atoms. The van der Waals surface area contributed by atoms with Crippen molar-refractivity contribution in [3.05, 3.63) is 69.2 Å². The fourth-order valence-electron chi connectivity index (χ4n) is 3.15. The van der Waals surface area contributed by atoms with Crippen LogP contribution in [0.1, 0.15) is 17.5 Å². The van der Waals surface area contributed by atoms with Crippen molar-refractivity contribution in [3.63, 3.8) is 0 Å². The zero-order chi connectivity index (χ0) is 18.7. The van der Waals surface area contributed by atoms with E-state index in [2.05, 4.69) is 15.9 Å². The van der Waals surface area contributed by atoms with E-state index in [4.69, 9.17) is 11.6 Å². The lowest BCUT2D eigenvalue weighted by Gasteiger charge is -2.28. The Morgan fingerprint density at radius 3 is 2.50 bits per heavy atom. The van der Waals surface area contributed by atoms with Gasteiger partial charge in [-0.2, -0.15) is 0 Å². The smallest absolute Gasteiger partial charge is 0.227 e. The molecule has 1 heterocycles. The predicted molar refractivity (Wildman–Crippen MR) is 107 cm³/mol. The van der Waals surface area contributed by atoms with Crippen LogP contribution in [0.2, 0.25) is 5.02 Å². The minimum absolute atomic E-state index is 0.0351. The van der Waals surface area contributed by atoms with Gasteiger partial charge in [-0.15, -0.1) is 0 Å². The summed E-state index contributed by atoms with van der Waals surface area (Å²) in [5.74, 6) is 0.100. The van der Waals surface area contributed by atoms with Crippen LogP contribution in [0.3, 0.4) is 0 Å². The van der Waals surface area contributed by atoms with Gasteiger partial charge in [0.25, 0.3) is 0 Å². The molecule has 1 unspecified atom stereocenters. The van der Waals surface area contributed by atoms with Crippen LogP contribution in [-0.2, 0) is 27.6 Å². The summed E-state index contributed by atoms with van der Waals surface area (Å²) in [5.41, 5.74) is 1.83. The Balaban J connectivity index is 1.81. The van der Waals surface area contributed by atoms with E-state index in [1.807, 2.05) is 36.4 Å². The Kier molecular flexibility index (Phi) is 6.05. The second kappa shape index (κ2) is 8.11. The topological polar surface area (TPSA) is 54.5 Å². The number of amides is 1. The van der Waals surface area contributed by atoms with Gasteiger partial charge in [0.15, 0.2) is 9.84 Å². The molecule has 1 fully saturated rings. The van der Waals surface area contributed by atoms with Crippen molar-refractivity contribution in [2.24, 2.45) is 0 Å². The fourth-order valence-corrected chi connectivity index (χ4v) is 5.46. The van der Waals surface area contributed by atoms with Gasteiger partial charge in [0, 0.05) is 22.1 Å². The van der Waals surface area contributed by atoms with Gasteiger partial charge in [0.1, 0.15) is 0 Å². The first-order valence-corrected chi connectivity index (χ1v) is 11.3. The average molecular weight is 457 g/mol. The van der Waals surface area contributed by atoms with Crippen molar-refractivity contribution in [1.82, 2.24) is 4.90 Å². The van der Waals surface area contributed by atoms with Gasteiger partial charge in [0.2, 0.25) is 5.91 Å². The maximum Gasteiger partial charge on any atom is 0.227 e. The van der Waals surface area contributed by atoms with E-state index in [9.17, 15) is 13.2 Å². The van der Waals surface area contributed by atoms with Crippen LogP contribution in [0.25, 0.3) is 0 Å². The monoisotopic (exact) mass is 455 g/mol. The fraction of sp³-hybridized carbons (Fsp3) is 0.316. The summed E-state index contributed by atoms with van der Waals surface area (Å²) in [6.07, 6.45) is 0.713. The first kappa shape index (κ1) is 19.4. The Labute approximate surface area is 167 Å². The minimum Gasteiger partial charge on any atom is -0.334 e. The average Bonchev–Trinajstić information content (AvgIpc) is 2.94. The molecule has 4 nitrogen and oxygen atoms in total. The lowest BCUT2D eigenvalue weighted by atomic mass is 10.1. The molecule has 7 heteroatoms. The van der Waals surface area contributed by atoms with E-state index in [0.717, 1.165) is 15.6 Å². The lowest BCUT2D eigenvalue weighted by molar-refractivity contribution is -0.133. The number of hydrogen-bond donors (Lipinski definition) is 0. The van der Waals surface area contributed by atoms with E-state index in [1.165, 1.54) is 0 Å². The number of nitrogens with zero attached hydrogens (tertiary/aromatic N) is 1. The summed E-state index contributed by atoms with van der Waals surface area (Å²) in [5, 5.41) is 0.620. The first-order chi connectivity index (χ1) is 12.3. The molecule has 26 heavy (non-hydrogen) atoms. The molecule has 0 aliphatic carbocycles. The number of carbonyl (C=O) groups is 1. The highest BCUT2D eigenvalue weighted by Crippen LogP contribution is 2.23. The Morgan fingerprint density at radius 2 is 1.88 bits per heavy atom.